The first-order chi connectivity index (χ1) is 10.9. The maximum Gasteiger partial charge on any atom is 0.265 e. The molecule has 0 saturated carbocycles. The van der Waals surface area contributed by atoms with E-state index in [-0.39, 0.29) is 17.6 Å². The van der Waals surface area contributed by atoms with Gasteiger partial charge in [-0.15, -0.1) is 0 Å². The first-order valence-corrected chi connectivity index (χ1v) is 7.05. The van der Waals surface area contributed by atoms with Gasteiger partial charge in [0.05, 0.1) is 0 Å². The van der Waals surface area contributed by atoms with Crippen LogP contribution in [0.3, 0.4) is 0 Å². The fourth-order valence-electron chi connectivity index (χ4n) is 1.85. The molecule has 0 spiro atoms. The van der Waals surface area contributed by atoms with E-state index < -0.39 is 6.10 Å². The highest BCUT2D eigenvalue weighted by Crippen LogP contribution is 2.17. The average molecular weight is 316 g/mol. The molecule has 0 radical (unpaired) electrons. The second-order valence-electron chi connectivity index (χ2n) is 4.96. The lowest BCUT2D eigenvalue weighted by molar-refractivity contribution is -0.122. The fraction of sp³-hybridized carbons (Fsp3) is 0.176. The van der Waals surface area contributed by atoms with E-state index in [2.05, 4.69) is 10.6 Å². The normalized spacial score (nSPS) is 11.4. The first-order valence-electron chi connectivity index (χ1n) is 7.05. The van der Waals surface area contributed by atoms with Crippen LogP contribution in [0.4, 0.5) is 15.8 Å². The van der Waals surface area contributed by atoms with Crippen molar-refractivity contribution in [2.24, 2.45) is 0 Å². The molecule has 1 atom stereocenters. The van der Waals surface area contributed by atoms with Gasteiger partial charge in [-0.2, -0.15) is 0 Å². The molecule has 0 aliphatic heterocycles. The summed E-state index contributed by atoms with van der Waals surface area (Å²) in [6.07, 6.45) is -0.730. The van der Waals surface area contributed by atoms with Crippen LogP contribution < -0.4 is 15.4 Å². The van der Waals surface area contributed by atoms with Crippen LogP contribution in [0.1, 0.15) is 13.8 Å². The molecule has 2 aromatic rings. The lowest BCUT2D eigenvalue weighted by Crippen LogP contribution is -2.30. The minimum atomic E-state index is -0.730. The lowest BCUT2D eigenvalue weighted by atomic mass is 10.2. The third kappa shape index (κ3) is 5.10. The van der Waals surface area contributed by atoms with E-state index in [0.717, 1.165) is 0 Å². The molecule has 6 heteroatoms. The van der Waals surface area contributed by atoms with Crippen LogP contribution in [0, 0.1) is 5.82 Å². The maximum atomic E-state index is 12.8. The Morgan fingerprint density at radius 2 is 1.48 bits per heavy atom. The number of hydrogen-bond donors (Lipinski definition) is 2. The summed E-state index contributed by atoms with van der Waals surface area (Å²) in [5.41, 5.74) is 1.14. The lowest BCUT2D eigenvalue weighted by Gasteiger charge is -2.15. The number of ether oxygens (including phenoxy) is 1. The van der Waals surface area contributed by atoms with Crippen molar-refractivity contribution in [2.45, 2.75) is 20.0 Å². The number of nitrogens with one attached hydrogen (secondary N) is 2. The molecule has 2 amide bonds. The number of carbonyl (C=O) groups is 2. The van der Waals surface area contributed by atoms with Crippen molar-refractivity contribution < 1.29 is 18.7 Å². The smallest absolute Gasteiger partial charge is 0.265 e. The highest BCUT2D eigenvalue weighted by Gasteiger charge is 2.15. The Bertz CT molecular complexity index is 684. The minimum Gasteiger partial charge on any atom is -0.481 e. The largest absolute Gasteiger partial charge is 0.481 e. The number of benzene rings is 2. The van der Waals surface area contributed by atoms with Crippen molar-refractivity contribution in [3.05, 3.63) is 54.3 Å². The van der Waals surface area contributed by atoms with Crippen LogP contribution in [0.25, 0.3) is 0 Å². The van der Waals surface area contributed by atoms with E-state index in [9.17, 15) is 14.0 Å². The van der Waals surface area contributed by atoms with Crippen molar-refractivity contribution in [3.8, 4) is 5.75 Å². The van der Waals surface area contributed by atoms with Gasteiger partial charge in [0.1, 0.15) is 11.6 Å². The number of anilines is 2. The van der Waals surface area contributed by atoms with Gasteiger partial charge < -0.3 is 15.4 Å². The van der Waals surface area contributed by atoms with Crippen LogP contribution in [0.2, 0.25) is 0 Å². The Morgan fingerprint density at radius 1 is 0.957 bits per heavy atom. The van der Waals surface area contributed by atoms with Crippen molar-refractivity contribution >= 4 is 23.2 Å². The summed E-state index contributed by atoms with van der Waals surface area (Å²) < 4.78 is 18.4. The Kier molecular flexibility index (Phi) is 5.30. The Morgan fingerprint density at radius 3 is 2.04 bits per heavy atom. The zero-order valence-electron chi connectivity index (χ0n) is 12.8. The topological polar surface area (TPSA) is 67.4 Å². The summed E-state index contributed by atoms with van der Waals surface area (Å²) in [5.74, 6) is -0.374. The second kappa shape index (κ2) is 7.40. The summed E-state index contributed by atoms with van der Waals surface area (Å²) in [5, 5.41) is 5.28. The monoisotopic (exact) mass is 316 g/mol. The maximum absolute atomic E-state index is 12.8. The summed E-state index contributed by atoms with van der Waals surface area (Å²) in [4.78, 5) is 23.0. The third-order valence-electron chi connectivity index (χ3n) is 2.97. The summed E-state index contributed by atoms with van der Waals surface area (Å²) >= 11 is 0. The van der Waals surface area contributed by atoms with Gasteiger partial charge in [0.15, 0.2) is 6.10 Å². The molecule has 0 aliphatic rings. The number of carbonyl (C=O) groups excluding carboxylic acids is 2. The van der Waals surface area contributed by atoms with Crippen molar-refractivity contribution in [1.29, 1.82) is 0 Å². The zero-order chi connectivity index (χ0) is 16.8. The van der Waals surface area contributed by atoms with E-state index in [0.29, 0.717) is 17.1 Å². The van der Waals surface area contributed by atoms with E-state index in [1.54, 1.807) is 31.2 Å². The van der Waals surface area contributed by atoms with Crippen LogP contribution in [0.5, 0.6) is 5.75 Å². The molecule has 0 bridgehead atoms. The van der Waals surface area contributed by atoms with E-state index in [1.807, 2.05) is 0 Å². The van der Waals surface area contributed by atoms with Gasteiger partial charge in [0, 0.05) is 18.3 Å². The predicted molar refractivity (Wildman–Crippen MR) is 85.9 cm³/mol. The summed E-state index contributed by atoms with van der Waals surface area (Å²) in [6, 6.07) is 12.2. The molecule has 0 saturated heterocycles. The predicted octanol–water partition coefficient (Wildman–Crippen LogP) is 3.19. The molecule has 2 rings (SSSR count). The van der Waals surface area contributed by atoms with Gasteiger partial charge in [-0.1, -0.05) is 0 Å². The highest BCUT2D eigenvalue weighted by molar-refractivity contribution is 5.94. The molecule has 2 N–H and O–H groups in total. The molecule has 120 valence electrons. The number of amides is 2. The van der Waals surface area contributed by atoms with Gasteiger partial charge in [0.2, 0.25) is 5.91 Å². The second-order valence-corrected chi connectivity index (χ2v) is 4.96. The summed E-state index contributed by atoms with van der Waals surface area (Å²) in [7, 11) is 0. The standard InChI is InChI=1S/C17H17FN2O3/c1-11(17(22)20-15-5-3-13(18)4-6-15)23-16-9-7-14(8-10-16)19-12(2)21/h3-11H,1-2H3,(H,19,21)(H,20,22)/t11-/m0/s1. The Hall–Kier alpha value is -2.89. The molecule has 0 fully saturated rings. The zero-order valence-corrected chi connectivity index (χ0v) is 12.8. The van der Waals surface area contributed by atoms with Gasteiger partial charge in [-0.05, 0) is 55.5 Å². The van der Waals surface area contributed by atoms with Crippen LogP contribution >= 0.6 is 0 Å². The van der Waals surface area contributed by atoms with Gasteiger partial charge >= 0.3 is 0 Å². The summed E-state index contributed by atoms with van der Waals surface area (Å²) in [6.45, 7) is 3.03. The van der Waals surface area contributed by atoms with Crippen LogP contribution in [0.15, 0.2) is 48.5 Å². The quantitative estimate of drug-likeness (QED) is 0.890. The van der Waals surface area contributed by atoms with Gasteiger partial charge in [-0.25, -0.2) is 4.39 Å². The van der Waals surface area contributed by atoms with Crippen molar-refractivity contribution in [1.82, 2.24) is 0 Å². The molecular weight excluding hydrogens is 299 g/mol. The van der Waals surface area contributed by atoms with E-state index in [1.165, 1.54) is 31.2 Å². The van der Waals surface area contributed by atoms with E-state index >= 15 is 0 Å². The molecule has 0 aliphatic carbocycles. The number of rotatable bonds is 5. The van der Waals surface area contributed by atoms with Crippen LogP contribution in [-0.2, 0) is 9.59 Å². The molecule has 0 unspecified atom stereocenters. The van der Waals surface area contributed by atoms with Gasteiger partial charge in [0.25, 0.3) is 5.91 Å². The molecule has 0 heterocycles. The van der Waals surface area contributed by atoms with E-state index in [4.69, 9.17) is 4.74 Å². The highest BCUT2D eigenvalue weighted by atomic mass is 19.1. The van der Waals surface area contributed by atoms with Gasteiger partial charge in [-0.3, -0.25) is 9.59 Å². The Balaban J connectivity index is 1.92. The molecule has 0 aromatic heterocycles. The molecule has 23 heavy (non-hydrogen) atoms. The average Bonchev–Trinajstić information content (AvgIpc) is 2.51. The number of halogens is 1. The van der Waals surface area contributed by atoms with Crippen LogP contribution in [-0.4, -0.2) is 17.9 Å². The molecule has 2 aromatic carbocycles. The third-order valence-corrected chi connectivity index (χ3v) is 2.97. The van der Waals surface area contributed by atoms with Crippen molar-refractivity contribution in [3.63, 3.8) is 0 Å². The Labute approximate surface area is 133 Å². The molecule has 5 nitrogen and oxygen atoms in total. The van der Waals surface area contributed by atoms with Crippen molar-refractivity contribution in [2.75, 3.05) is 10.6 Å². The number of hydrogen-bond acceptors (Lipinski definition) is 3. The molecular formula is C17H17FN2O3. The first kappa shape index (κ1) is 16.5. The minimum absolute atomic E-state index is 0.161. The SMILES string of the molecule is CC(=O)Nc1ccc(O[C@@H](C)C(=O)Nc2ccc(F)cc2)cc1. The fourth-order valence-corrected chi connectivity index (χ4v) is 1.85.